The van der Waals surface area contributed by atoms with Crippen LogP contribution in [0.25, 0.3) is 0 Å². The maximum atomic E-state index is 13.2. The molecule has 2 heterocycles. The van der Waals surface area contributed by atoms with Gasteiger partial charge in [0.1, 0.15) is 17.6 Å². The van der Waals surface area contributed by atoms with E-state index in [-0.39, 0.29) is 23.4 Å². The van der Waals surface area contributed by atoms with Crippen molar-refractivity contribution in [1.29, 1.82) is 0 Å². The quantitative estimate of drug-likeness (QED) is 0.528. The van der Waals surface area contributed by atoms with Crippen molar-refractivity contribution < 1.29 is 22.4 Å². The number of ether oxygens (including phenoxy) is 1. The summed E-state index contributed by atoms with van der Waals surface area (Å²) in [7, 11) is 0.968. The first-order chi connectivity index (χ1) is 16.3. The van der Waals surface area contributed by atoms with Gasteiger partial charge in [0.2, 0.25) is 10.0 Å². The molecule has 0 saturated heterocycles. The minimum Gasteiger partial charge on any atom is -0.497 e. The SMILES string of the molecule is COc1ccc(C2=NN(C(=O)CNc3cccc(S(=O)(=O)N(C)C)c3)[C@H](c3ccco3)C2)cc1. The van der Waals surface area contributed by atoms with Gasteiger partial charge >= 0.3 is 0 Å². The van der Waals surface area contributed by atoms with Crippen molar-refractivity contribution >= 4 is 27.3 Å². The molecule has 2 aromatic carbocycles. The lowest BCUT2D eigenvalue weighted by Gasteiger charge is -2.20. The molecule has 0 unspecified atom stereocenters. The topological polar surface area (TPSA) is 104 Å². The number of hydrazone groups is 1. The minimum absolute atomic E-state index is 0.0674. The van der Waals surface area contributed by atoms with Crippen molar-refractivity contribution in [3.63, 3.8) is 0 Å². The van der Waals surface area contributed by atoms with Crippen molar-refractivity contribution in [2.45, 2.75) is 17.4 Å². The fraction of sp³-hybridized carbons (Fsp3) is 0.250. The molecule has 1 aliphatic rings. The molecule has 0 radical (unpaired) electrons. The van der Waals surface area contributed by atoms with E-state index in [4.69, 9.17) is 9.15 Å². The van der Waals surface area contributed by atoms with Crippen LogP contribution in [0.4, 0.5) is 5.69 Å². The Morgan fingerprint density at radius 3 is 2.59 bits per heavy atom. The summed E-state index contributed by atoms with van der Waals surface area (Å²) in [6.45, 7) is -0.0674. The first kappa shape index (κ1) is 23.5. The van der Waals surface area contributed by atoms with Gasteiger partial charge in [-0.3, -0.25) is 4.79 Å². The third-order valence-electron chi connectivity index (χ3n) is 5.52. The molecule has 1 atom stereocenters. The van der Waals surface area contributed by atoms with Crippen molar-refractivity contribution in [3.8, 4) is 5.75 Å². The smallest absolute Gasteiger partial charge is 0.262 e. The first-order valence-electron chi connectivity index (χ1n) is 10.6. The average molecular weight is 483 g/mol. The minimum atomic E-state index is -3.58. The molecule has 0 aliphatic carbocycles. The summed E-state index contributed by atoms with van der Waals surface area (Å²) in [5, 5.41) is 9.04. The number of hydrogen-bond acceptors (Lipinski definition) is 7. The summed E-state index contributed by atoms with van der Waals surface area (Å²) >= 11 is 0. The number of carbonyl (C=O) groups is 1. The highest BCUT2D eigenvalue weighted by atomic mass is 32.2. The number of sulfonamides is 1. The molecule has 178 valence electrons. The normalized spacial score (nSPS) is 15.9. The lowest BCUT2D eigenvalue weighted by Crippen LogP contribution is -2.32. The van der Waals surface area contributed by atoms with Gasteiger partial charge in [-0.05, 0) is 60.2 Å². The zero-order valence-electron chi connectivity index (χ0n) is 19.1. The fourth-order valence-electron chi connectivity index (χ4n) is 3.64. The van der Waals surface area contributed by atoms with Gasteiger partial charge in [0.25, 0.3) is 5.91 Å². The molecule has 0 bridgehead atoms. The van der Waals surface area contributed by atoms with Crippen LogP contribution in [0.3, 0.4) is 0 Å². The van der Waals surface area contributed by atoms with Gasteiger partial charge in [-0.15, -0.1) is 0 Å². The Morgan fingerprint density at radius 2 is 1.94 bits per heavy atom. The number of furan rings is 1. The third-order valence-corrected chi connectivity index (χ3v) is 7.33. The molecule has 4 rings (SSSR count). The van der Waals surface area contributed by atoms with E-state index in [0.717, 1.165) is 21.3 Å². The molecular weight excluding hydrogens is 456 g/mol. The van der Waals surface area contributed by atoms with Crippen LogP contribution in [0, 0.1) is 0 Å². The molecular formula is C24H26N4O5S. The van der Waals surface area contributed by atoms with E-state index in [0.29, 0.717) is 17.9 Å². The van der Waals surface area contributed by atoms with E-state index in [9.17, 15) is 13.2 Å². The zero-order chi connectivity index (χ0) is 24.3. The van der Waals surface area contributed by atoms with E-state index in [1.165, 1.54) is 31.2 Å². The number of rotatable bonds is 8. The Morgan fingerprint density at radius 1 is 1.18 bits per heavy atom. The molecule has 10 heteroatoms. The van der Waals surface area contributed by atoms with Crippen LogP contribution < -0.4 is 10.1 Å². The third kappa shape index (κ3) is 4.82. The molecule has 1 amide bonds. The summed E-state index contributed by atoms with van der Waals surface area (Å²) in [5.41, 5.74) is 2.17. The molecule has 3 aromatic rings. The Labute approximate surface area is 198 Å². The van der Waals surface area contributed by atoms with Crippen LogP contribution in [-0.4, -0.2) is 57.1 Å². The predicted octanol–water partition coefficient (Wildman–Crippen LogP) is 3.33. The highest BCUT2D eigenvalue weighted by Crippen LogP contribution is 2.33. The van der Waals surface area contributed by atoms with Crippen molar-refractivity contribution in [1.82, 2.24) is 9.31 Å². The molecule has 34 heavy (non-hydrogen) atoms. The van der Waals surface area contributed by atoms with Crippen LogP contribution in [0.2, 0.25) is 0 Å². The number of carbonyl (C=O) groups excluding carboxylic acids is 1. The molecule has 0 fully saturated rings. The highest BCUT2D eigenvalue weighted by molar-refractivity contribution is 7.89. The molecule has 1 N–H and O–H groups in total. The highest BCUT2D eigenvalue weighted by Gasteiger charge is 2.34. The lowest BCUT2D eigenvalue weighted by molar-refractivity contribution is -0.131. The second-order valence-corrected chi connectivity index (χ2v) is 10.1. The molecule has 9 nitrogen and oxygen atoms in total. The summed E-state index contributed by atoms with van der Waals surface area (Å²) in [6.07, 6.45) is 2.07. The van der Waals surface area contributed by atoms with E-state index < -0.39 is 10.0 Å². The summed E-state index contributed by atoms with van der Waals surface area (Å²) in [4.78, 5) is 13.3. The fourth-order valence-corrected chi connectivity index (χ4v) is 4.58. The summed E-state index contributed by atoms with van der Waals surface area (Å²) in [6, 6.07) is 17.1. The molecule has 1 aliphatic heterocycles. The Hall–Kier alpha value is -3.63. The number of methoxy groups -OCH3 is 1. The maximum Gasteiger partial charge on any atom is 0.262 e. The van der Waals surface area contributed by atoms with Gasteiger partial charge in [-0.1, -0.05) is 6.07 Å². The van der Waals surface area contributed by atoms with E-state index in [1.807, 2.05) is 30.3 Å². The largest absolute Gasteiger partial charge is 0.497 e. The van der Waals surface area contributed by atoms with Gasteiger partial charge < -0.3 is 14.5 Å². The summed E-state index contributed by atoms with van der Waals surface area (Å²) < 4.78 is 36.7. The average Bonchev–Trinajstić information content (AvgIpc) is 3.53. The Balaban J connectivity index is 1.53. The van der Waals surface area contributed by atoms with Gasteiger partial charge in [0, 0.05) is 26.2 Å². The van der Waals surface area contributed by atoms with Crippen LogP contribution >= 0.6 is 0 Å². The van der Waals surface area contributed by atoms with Crippen molar-refractivity contribution in [2.75, 3.05) is 33.1 Å². The van der Waals surface area contributed by atoms with Crippen molar-refractivity contribution in [2.24, 2.45) is 5.10 Å². The second kappa shape index (κ2) is 9.70. The maximum absolute atomic E-state index is 13.2. The molecule has 1 aromatic heterocycles. The van der Waals surface area contributed by atoms with E-state index >= 15 is 0 Å². The van der Waals surface area contributed by atoms with Gasteiger partial charge in [-0.25, -0.2) is 17.7 Å². The van der Waals surface area contributed by atoms with E-state index in [2.05, 4.69) is 10.4 Å². The number of hydrogen-bond donors (Lipinski definition) is 1. The predicted molar refractivity (Wildman–Crippen MR) is 128 cm³/mol. The number of anilines is 1. The number of benzene rings is 2. The monoisotopic (exact) mass is 482 g/mol. The second-order valence-electron chi connectivity index (χ2n) is 7.92. The van der Waals surface area contributed by atoms with Gasteiger partial charge in [-0.2, -0.15) is 5.10 Å². The number of nitrogens with one attached hydrogen (secondary N) is 1. The number of nitrogens with zero attached hydrogens (tertiary/aromatic N) is 3. The van der Waals surface area contributed by atoms with E-state index in [1.54, 1.807) is 31.6 Å². The molecule has 0 saturated carbocycles. The Bertz CT molecular complexity index is 1290. The lowest BCUT2D eigenvalue weighted by atomic mass is 10.0. The van der Waals surface area contributed by atoms with Crippen LogP contribution in [0.15, 0.2) is 81.3 Å². The van der Waals surface area contributed by atoms with Crippen LogP contribution in [0.5, 0.6) is 5.75 Å². The standard InChI is InChI=1S/C24H26N4O5S/c1-27(2)34(30,31)20-7-4-6-18(14-20)25-16-24(29)28-22(23-8-5-13-33-23)15-21(26-28)17-9-11-19(32-3)12-10-17/h4-14,22,25H,15-16H2,1-3H3/t22-/m0/s1. The van der Waals surface area contributed by atoms with Crippen LogP contribution in [-0.2, 0) is 14.8 Å². The van der Waals surface area contributed by atoms with Crippen molar-refractivity contribution in [3.05, 3.63) is 78.3 Å². The van der Waals surface area contributed by atoms with Gasteiger partial charge in [0.15, 0.2) is 0 Å². The van der Waals surface area contributed by atoms with Crippen LogP contribution in [0.1, 0.15) is 23.8 Å². The molecule has 0 spiro atoms. The Kier molecular flexibility index (Phi) is 6.71. The zero-order valence-corrected chi connectivity index (χ0v) is 20.0. The summed E-state index contributed by atoms with van der Waals surface area (Å²) in [5.74, 6) is 1.10. The number of amides is 1. The van der Waals surface area contributed by atoms with Gasteiger partial charge in [0.05, 0.1) is 30.5 Å². The first-order valence-corrected chi connectivity index (χ1v) is 12.1.